The van der Waals surface area contributed by atoms with E-state index >= 15 is 0 Å². The van der Waals surface area contributed by atoms with Gasteiger partial charge in [0.05, 0.1) is 18.1 Å². The summed E-state index contributed by atoms with van der Waals surface area (Å²) in [6.45, 7) is 6.29. The fourth-order valence-corrected chi connectivity index (χ4v) is 2.63. The maximum absolute atomic E-state index is 11.6. The van der Waals surface area contributed by atoms with Crippen LogP contribution in [0.25, 0.3) is 0 Å². The van der Waals surface area contributed by atoms with Crippen LogP contribution in [0, 0.1) is 10.1 Å². The highest BCUT2D eigenvalue weighted by Crippen LogP contribution is 2.36. The number of rotatable bonds is 5. The van der Waals surface area contributed by atoms with E-state index in [-0.39, 0.29) is 17.4 Å². The van der Waals surface area contributed by atoms with Crippen LogP contribution in [0.5, 0.6) is 11.6 Å². The first-order valence-electron chi connectivity index (χ1n) is 8.16. The van der Waals surface area contributed by atoms with Crippen molar-refractivity contribution in [2.45, 2.75) is 19.8 Å². The molecular formula is C17H20N4O4. The van der Waals surface area contributed by atoms with Gasteiger partial charge in [0, 0.05) is 13.1 Å². The Morgan fingerprint density at radius 3 is 2.48 bits per heavy atom. The molecule has 0 atom stereocenters. The summed E-state index contributed by atoms with van der Waals surface area (Å²) in [5, 5.41) is 11.6. The van der Waals surface area contributed by atoms with E-state index < -0.39 is 4.92 Å². The minimum atomic E-state index is -0.497. The Hall–Kier alpha value is -2.74. The lowest BCUT2D eigenvalue weighted by molar-refractivity contribution is -0.385. The third-order valence-electron chi connectivity index (χ3n) is 4.02. The molecule has 0 saturated carbocycles. The Labute approximate surface area is 145 Å². The monoisotopic (exact) mass is 344 g/mol. The van der Waals surface area contributed by atoms with Crippen molar-refractivity contribution in [1.82, 2.24) is 9.97 Å². The molecule has 0 unspecified atom stereocenters. The molecule has 0 radical (unpaired) electrons. The van der Waals surface area contributed by atoms with Crippen molar-refractivity contribution in [1.29, 1.82) is 0 Å². The topological polar surface area (TPSA) is 90.6 Å². The summed E-state index contributed by atoms with van der Waals surface area (Å²) >= 11 is 0. The second-order valence-electron chi connectivity index (χ2n) is 6.03. The van der Waals surface area contributed by atoms with Gasteiger partial charge in [-0.3, -0.25) is 10.1 Å². The Kier molecular flexibility index (Phi) is 5.08. The SMILES string of the molecule is CC(C)c1ccc(Oc2ncnc(N3CCOCC3)c2[N+](=O)[O-])cc1. The molecule has 25 heavy (non-hydrogen) atoms. The first-order chi connectivity index (χ1) is 12.1. The highest BCUT2D eigenvalue weighted by Gasteiger charge is 2.29. The predicted octanol–water partition coefficient (Wildman–Crippen LogP) is 3.14. The Morgan fingerprint density at radius 2 is 1.88 bits per heavy atom. The first kappa shape index (κ1) is 17.1. The van der Waals surface area contributed by atoms with Gasteiger partial charge >= 0.3 is 11.6 Å². The number of hydrogen-bond acceptors (Lipinski definition) is 7. The van der Waals surface area contributed by atoms with E-state index in [1.807, 2.05) is 17.0 Å². The van der Waals surface area contributed by atoms with Crippen molar-refractivity contribution >= 4 is 11.5 Å². The maximum Gasteiger partial charge on any atom is 0.373 e. The van der Waals surface area contributed by atoms with Crippen molar-refractivity contribution in [2.75, 3.05) is 31.2 Å². The maximum atomic E-state index is 11.6. The van der Waals surface area contributed by atoms with Crippen LogP contribution in [0.1, 0.15) is 25.3 Å². The Bertz CT molecular complexity index is 743. The van der Waals surface area contributed by atoms with Crippen LogP contribution in [0.4, 0.5) is 11.5 Å². The molecule has 8 nitrogen and oxygen atoms in total. The molecular weight excluding hydrogens is 324 g/mol. The third-order valence-corrected chi connectivity index (χ3v) is 4.02. The number of benzene rings is 1. The Balaban J connectivity index is 1.91. The van der Waals surface area contributed by atoms with Crippen molar-refractivity contribution in [3.8, 4) is 11.6 Å². The van der Waals surface area contributed by atoms with Crippen LogP contribution in [0.2, 0.25) is 0 Å². The molecule has 0 spiro atoms. The van der Waals surface area contributed by atoms with E-state index in [0.29, 0.717) is 38.0 Å². The van der Waals surface area contributed by atoms with E-state index in [4.69, 9.17) is 9.47 Å². The smallest absolute Gasteiger partial charge is 0.373 e. The van der Waals surface area contributed by atoms with Crippen molar-refractivity contribution < 1.29 is 14.4 Å². The molecule has 2 aromatic rings. The van der Waals surface area contributed by atoms with Gasteiger partial charge in [-0.15, -0.1) is 0 Å². The van der Waals surface area contributed by atoms with Crippen LogP contribution in [-0.4, -0.2) is 41.2 Å². The van der Waals surface area contributed by atoms with Gasteiger partial charge in [-0.2, -0.15) is 4.98 Å². The van der Waals surface area contributed by atoms with Crippen LogP contribution in [0.3, 0.4) is 0 Å². The average molecular weight is 344 g/mol. The fourth-order valence-electron chi connectivity index (χ4n) is 2.63. The largest absolute Gasteiger partial charge is 0.434 e. The second-order valence-corrected chi connectivity index (χ2v) is 6.03. The van der Waals surface area contributed by atoms with Gasteiger partial charge in [-0.05, 0) is 23.6 Å². The molecule has 0 amide bonds. The van der Waals surface area contributed by atoms with Gasteiger partial charge in [-0.25, -0.2) is 4.98 Å². The lowest BCUT2D eigenvalue weighted by Crippen LogP contribution is -2.37. The molecule has 0 aliphatic carbocycles. The van der Waals surface area contributed by atoms with Gasteiger partial charge in [0.2, 0.25) is 5.82 Å². The van der Waals surface area contributed by atoms with E-state index in [9.17, 15) is 10.1 Å². The van der Waals surface area contributed by atoms with Crippen molar-refractivity contribution in [3.63, 3.8) is 0 Å². The molecule has 0 N–H and O–H groups in total. The number of nitrogens with zero attached hydrogens (tertiary/aromatic N) is 4. The number of ether oxygens (including phenoxy) is 2. The number of hydrogen-bond donors (Lipinski definition) is 0. The molecule has 1 aromatic heterocycles. The first-order valence-corrected chi connectivity index (χ1v) is 8.16. The van der Waals surface area contributed by atoms with E-state index in [1.165, 1.54) is 11.9 Å². The summed E-state index contributed by atoms with van der Waals surface area (Å²) in [4.78, 5) is 21.0. The third kappa shape index (κ3) is 3.85. The summed E-state index contributed by atoms with van der Waals surface area (Å²) in [5.74, 6) is 1.10. The molecule has 1 aromatic carbocycles. The normalized spacial score (nSPS) is 14.6. The zero-order valence-electron chi connectivity index (χ0n) is 14.2. The molecule has 0 bridgehead atoms. The molecule has 1 aliphatic heterocycles. The second kappa shape index (κ2) is 7.43. The van der Waals surface area contributed by atoms with Crippen LogP contribution in [-0.2, 0) is 4.74 Å². The van der Waals surface area contributed by atoms with Crippen LogP contribution < -0.4 is 9.64 Å². The zero-order valence-corrected chi connectivity index (χ0v) is 14.2. The predicted molar refractivity (Wildman–Crippen MR) is 92.3 cm³/mol. The summed E-state index contributed by atoms with van der Waals surface area (Å²) in [6.07, 6.45) is 1.29. The minimum Gasteiger partial charge on any atom is -0.434 e. The lowest BCUT2D eigenvalue weighted by atomic mass is 10.0. The Morgan fingerprint density at radius 1 is 1.20 bits per heavy atom. The molecule has 3 rings (SSSR count). The molecule has 1 aliphatic rings. The summed E-state index contributed by atoms with van der Waals surface area (Å²) in [5.41, 5.74) is 0.941. The molecule has 1 saturated heterocycles. The van der Waals surface area contributed by atoms with Gasteiger partial charge in [0.1, 0.15) is 12.1 Å². The fraction of sp³-hybridized carbons (Fsp3) is 0.412. The quantitative estimate of drug-likeness (QED) is 0.608. The number of anilines is 1. The van der Waals surface area contributed by atoms with Gasteiger partial charge in [-0.1, -0.05) is 26.0 Å². The lowest BCUT2D eigenvalue weighted by Gasteiger charge is -2.27. The average Bonchev–Trinajstić information content (AvgIpc) is 2.62. The molecule has 8 heteroatoms. The van der Waals surface area contributed by atoms with Crippen LogP contribution in [0.15, 0.2) is 30.6 Å². The van der Waals surface area contributed by atoms with Crippen molar-refractivity contribution in [2.24, 2.45) is 0 Å². The number of morpholine rings is 1. The zero-order chi connectivity index (χ0) is 17.8. The standard InChI is InChI=1S/C17H20N4O4/c1-12(2)13-3-5-14(6-4-13)25-17-15(21(22)23)16(18-11-19-17)20-7-9-24-10-8-20/h3-6,11-12H,7-10H2,1-2H3. The number of aromatic nitrogens is 2. The molecule has 1 fully saturated rings. The van der Waals surface area contributed by atoms with Gasteiger partial charge < -0.3 is 14.4 Å². The summed E-state index contributed by atoms with van der Waals surface area (Å²) in [7, 11) is 0. The van der Waals surface area contributed by atoms with Crippen molar-refractivity contribution in [3.05, 3.63) is 46.3 Å². The van der Waals surface area contributed by atoms with Gasteiger partial charge in [0.25, 0.3) is 0 Å². The highest BCUT2D eigenvalue weighted by atomic mass is 16.6. The number of nitro groups is 1. The molecule has 132 valence electrons. The van der Waals surface area contributed by atoms with E-state index in [0.717, 1.165) is 0 Å². The minimum absolute atomic E-state index is 0.0567. The highest BCUT2D eigenvalue weighted by molar-refractivity contribution is 5.63. The summed E-state index contributed by atoms with van der Waals surface area (Å²) < 4.78 is 11.0. The van der Waals surface area contributed by atoms with Crippen LogP contribution >= 0.6 is 0 Å². The van der Waals surface area contributed by atoms with E-state index in [1.54, 1.807) is 12.1 Å². The molecule has 2 heterocycles. The van der Waals surface area contributed by atoms with Gasteiger partial charge in [0.15, 0.2) is 0 Å². The summed E-state index contributed by atoms with van der Waals surface area (Å²) in [6, 6.07) is 7.46. The van der Waals surface area contributed by atoms with E-state index in [2.05, 4.69) is 23.8 Å².